The quantitative estimate of drug-likeness (QED) is 0.604. The Morgan fingerprint density at radius 2 is 1.48 bits per heavy atom. The van der Waals surface area contributed by atoms with E-state index in [2.05, 4.69) is 11.0 Å². The van der Waals surface area contributed by atoms with E-state index in [0.717, 1.165) is 11.1 Å². The van der Waals surface area contributed by atoms with Crippen molar-refractivity contribution in [2.75, 3.05) is 0 Å². The van der Waals surface area contributed by atoms with Crippen LogP contribution in [0.3, 0.4) is 0 Å². The van der Waals surface area contributed by atoms with Crippen molar-refractivity contribution in [3.05, 3.63) is 65.2 Å². The molecule has 0 spiro atoms. The molecular weight excluding hydrogens is 292 g/mol. The van der Waals surface area contributed by atoms with Gasteiger partial charge in [0.15, 0.2) is 5.75 Å². The van der Waals surface area contributed by atoms with Gasteiger partial charge in [0, 0.05) is 0 Å². The molecule has 0 aliphatic carbocycles. The first kappa shape index (κ1) is 17.5. The molecule has 0 aliphatic heterocycles. The maximum absolute atomic E-state index is 8.92. The van der Waals surface area contributed by atoms with Crippen molar-refractivity contribution < 1.29 is 19.9 Å². The lowest BCUT2D eigenvalue weighted by atomic mass is 9.97. The van der Waals surface area contributed by atoms with Crippen LogP contribution in [0, 0.1) is 6.92 Å². The van der Waals surface area contributed by atoms with Gasteiger partial charge < -0.3 is 4.89 Å². The molecule has 0 bridgehead atoms. The lowest BCUT2D eigenvalue weighted by molar-refractivity contribution is -0.318. The zero-order valence-electron chi connectivity index (χ0n) is 14.3. The molecule has 0 amide bonds. The Balaban J connectivity index is 2.05. The van der Waals surface area contributed by atoms with E-state index in [4.69, 9.17) is 15.0 Å². The molecule has 0 fully saturated rings. The molecule has 124 valence electrons. The van der Waals surface area contributed by atoms with Gasteiger partial charge in [-0.25, -0.2) is 4.89 Å². The van der Waals surface area contributed by atoms with Gasteiger partial charge in [0.05, 0.1) is 0 Å². The molecule has 0 atom stereocenters. The van der Waals surface area contributed by atoms with E-state index in [9.17, 15) is 0 Å². The highest BCUT2D eigenvalue weighted by atomic mass is 17.2. The van der Waals surface area contributed by atoms with E-state index < -0.39 is 11.2 Å². The molecule has 4 heteroatoms. The Labute approximate surface area is 137 Å². The number of hydrogen-bond donors (Lipinski definition) is 1. The minimum atomic E-state index is -0.764. The first-order valence-electron chi connectivity index (χ1n) is 7.60. The third-order valence-electron chi connectivity index (χ3n) is 3.84. The van der Waals surface area contributed by atoms with Crippen molar-refractivity contribution in [2.24, 2.45) is 0 Å². The Kier molecular flexibility index (Phi) is 5.09. The second kappa shape index (κ2) is 6.71. The van der Waals surface area contributed by atoms with Crippen LogP contribution in [0.1, 0.15) is 44.4 Å². The van der Waals surface area contributed by atoms with E-state index in [1.54, 1.807) is 26.0 Å². The Bertz CT molecular complexity index is 645. The molecule has 0 radical (unpaired) electrons. The Morgan fingerprint density at radius 1 is 0.826 bits per heavy atom. The summed E-state index contributed by atoms with van der Waals surface area (Å²) >= 11 is 0. The second-order valence-corrected chi connectivity index (χ2v) is 6.67. The second-order valence-electron chi connectivity index (χ2n) is 6.67. The van der Waals surface area contributed by atoms with E-state index >= 15 is 0 Å². The lowest BCUT2D eigenvalue weighted by Gasteiger charge is -2.25. The maximum atomic E-state index is 8.92. The fourth-order valence-corrected chi connectivity index (χ4v) is 2.18. The number of aryl methyl sites for hydroxylation is 1. The van der Waals surface area contributed by atoms with E-state index in [1.807, 2.05) is 51.1 Å². The van der Waals surface area contributed by atoms with Crippen LogP contribution in [0.25, 0.3) is 0 Å². The summed E-state index contributed by atoms with van der Waals surface area (Å²) in [6.45, 7) is 9.52. The van der Waals surface area contributed by atoms with Gasteiger partial charge in [-0.15, -0.1) is 0 Å². The minimum Gasteiger partial charge on any atom is -0.337 e. The summed E-state index contributed by atoms with van der Waals surface area (Å²) in [6.07, 6.45) is 0. The number of benzene rings is 2. The van der Waals surface area contributed by atoms with Crippen LogP contribution in [0.5, 0.6) is 5.75 Å². The number of hydrogen-bond acceptors (Lipinski definition) is 4. The third-order valence-corrected chi connectivity index (χ3v) is 3.84. The molecule has 0 saturated carbocycles. The van der Waals surface area contributed by atoms with Crippen LogP contribution in [0.2, 0.25) is 0 Å². The molecule has 23 heavy (non-hydrogen) atoms. The van der Waals surface area contributed by atoms with Gasteiger partial charge in [-0.05, 0) is 57.9 Å². The summed E-state index contributed by atoms with van der Waals surface area (Å²) in [5.41, 5.74) is 1.72. The minimum absolute atomic E-state index is 0.571. The lowest BCUT2D eigenvalue weighted by Crippen LogP contribution is -2.24. The van der Waals surface area contributed by atoms with Crippen molar-refractivity contribution in [2.45, 2.75) is 45.8 Å². The normalized spacial score (nSPS) is 12.3. The fourth-order valence-electron chi connectivity index (χ4n) is 2.18. The van der Waals surface area contributed by atoms with Crippen molar-refractivity contribution >= 4 is 0 Å². The topological polar surface area (TPSA) is 47.9 Å². The Morgan fingerprint density at radius 3 is 2.04 bits per heavy atom. The summed E-state index contributed by atoms with van der Waals surface area (Å²) in [7, 11) is 0. The molecule has 2 aromatic rings. The first-order chi connectivity index (χ1) is 10.7. The first-order valence-corrected chi connectivity index (χ1v) is 7.60. The monoisotopic (exact) mass is 316 g/mol. The van der Waals surface area contributed by atoms with Crippen LogP contribution in [0.4, 0.5) is 0 Å². The molecule has 0 heterocycles. The highest BCUT2D eigenvalue weighted by Crippen LogP contribution is 2.29. The highest BCUT2D eigenvalue weighted by molar-refractivity contribution is 5.30. The van der Waals surface area contributed by atoms with Crippen LogP contribution in [-0.4, -0.2) is 5.26 Å². The van der Waals surface area contributed by atoms with Crippen molar-refractivity contribution in [1.29, 1.82) is 0 Å². The SMILES string of the molecule is Cc1cccc(C(C)(C)OOc2ccc(C(C)(C)OO)cc2)c1. The molecule has 0 aromatic heterocycles. The van der Waals surface area contributed by atoms with Gasteiger partial charge in [0.25, 0.3) is 0 Å². The highest BCUT2D eigenvalue weighted by Gasteiger charge is 2.24. The zero-order valence-corrected chi connectivity index (χ0v) is 14.3. The summed E-state index contributed by atoms with van der Waals surface area (Å²) in [4.78, 5) is 15.6. The van der Waals surface area contributed by atoms with Gasteiger partial charge in [-0.2, -0.15) is 4.89 Å². The molecule has 0 unspecified atom stereocenters. The predicted molar refractivity (Wildman–Crippen MR) is 89.1 cm³/mol. The molecule has 0 aliphatic rings. The molecule has 2 aromatic carbocycles. The van der Waals surface area contributed by atoms with Crippen LogP contribution in [-0.2, 0) is 21.0 Å². The van der Waals surface area contributed by atoms with E-state index in [0.29, 0.717) is 5.75 Å². The summed E-state index contributed by atoms with van der Waals surface area (Å²) in [5, 5.41) is 8.92. The van der Waals surface area contributed by atoms with Gasteiger partial charge in [-0.1, -0.05) is 42.0 Å². The van der Waals surface area contributed by atoms with Gasteiger partial charge in [0.2, 0.25) is 0 Å². The van der Waals surface area contributed by atoms with Gasteiger partial charge in [0.1, 0.15) is 11.2 Å². The average Bonchev–Trinajstić information content (AvgIpc) is 2.53. The summed E-state index contributed by atoms with van der Waals surface area (Å²) < 4.78 is 0. The Hall–Kier alpha value is -1.88. The van der Waals surface area contributed by atoms with Gasteiger partial charge >= 0.3 is 0 Å². The van der Waals surface area contributed by atoms with Crippen LogP contribution in [0.15, 0.2) is 48.5 Å². The van der Waals surface area contributed by atoms with Crippen LogP contribution < -0.4 is 4.89 Å². The molecule has 2 rings (SSSR count). The smallest absolute Gasteiger partial charge is 0.165 e. The van der Waals surface area contributed by atoms with E-state index in [-0.39, 0.29) is 0 Å². The fraction of sp³-hybridized carbons (Fsp3) is 0.368. The molecule has 1 N–H and O–H groups in total. The standard InChI is InChI=1S/C19H24O4/c1-14-7-6-8-16(13-14)19(4,5)23-21-17-11-9-15(10-12-17)18(2,3)22-20/h6-13,20H,1-5H3. The third kappa shape index (κ3) is 4.32. The van der Waals surface area contributed by atoms with Crippen LogP contribution >= 0.6 is 0 Å². The summed E-state index contributed by atoms with van der Waals surface area (Å²) in [5.74, 6) is 0.586. The largest absolute Gasteiger partial charge is 0.337 e. The van der Waals surface area contributed by atoms with E-state index in [1.165, 1.54) is 5.56 Å². The predicted octanol–water partition coefficient (Wildman–Crippen LogP) is 4.97. The molecule has 4 nitrogen and oxygen atoms in total. The zero-order chi connectivity index (χ0) is 17.1. The number of rotatable bonds is 6. The summed E-state index contributed by atoms with van der Waals surface area (Å²) in [6, 6.07) is 15.4. The van der Waals surface area contributed by atoms with Crippen molar-refractivity contribution in [1.82, 2.24) is 0 Å². The average molecular weight is 316 g/mol. The molecular formula is C19H24O4. The van der Waals surface area contributed by atoms with Crippen molar-refractivity contribution in [3.8, 4) is 5.75 Å². The maximum Gasteiger partial charge on any atom is 0.165 e. The van der Waals surface area contributed by atoms with Crippen molar-refractivity contribution in [3.63, 3.8) is 0 Å². The molecule has 0 saturated heterocycles. The van der Waals surface area contributed by atoms with Gasteiger partial charge in [-0.3, -0.25) is 5.26 Å².